The number of amides is 1. The normalized spacial score (nSPS) is 11.8. The minimum absolute atomic E-state index is 0. The first-order chi connectivity index (χ1) is 11.3. The van der Waals surface area contributed by atoms with Crippen molar-refractivity contribution in [2.24, 2.45) is 0 Å². The van der Waals surface area contributed by atoms with Gasteiger partial charge in [0.15, 0.2) is 5.25 Å². The van der Waals surface area contributed by atoms with E-state index in [1.807, 2.05) is 0 Å². The van der Waals surface area contributed by atoms with E-state index < -0.39 is 33.7 Å². The van der Waals surface area contributed by atoms with Crippen molar-refractivity contribution < 1.29 is 27.7 Å². The van der Waals surface area contributed by atoms with Crippen molar-refractivity contribution in [3.63, 3.8) is 0 Å². The fourth-order valence-electron chi connectivity index (χ4n) is 2.43. The number of carbonyl (C=O) groups is 2. The van der Waals surface area contributed by atoms with E-state index in [9.17, 15) is 18.0 Å². The second-order valence-electron chi connectivity index (χ2n) is 6.07. The summed E-state index contributed by atoms with van der Waals surface area (Å²) in [7, 11) is -4.72. The molecule has 0 aromatic carbocycles. The van der Waals surface area contributed by atoms with Crippen LogP contribution in [0.4, 0.5) is 0 Å². The first kappa shape index (κ1) is 29.5. The SMILES string of the molecule is CCCCCCCCCCCCNC(=O)C(CC(=O)O)S(=O)(=O)O.N.N. The van der Waals surface area contributed by atoms with E-state index in [2.05, 4.69) is 12.2 Å². The molecule has 1 unspecified atom stereocenters. The maximum absolute atomic E-state index is 11.7. The molecule has 0 rings (SSSR count). The summed E-state index contributed by atoms with van der Waals surface area (Å²) in [5.74, 6) is -2.41. The molecule has 0 saturated heterocycles. The number of hydrogen-bond acceptors (Lipinski definition) is 6. The van der Waals surface area contributed by atoms with Gasteiger partial charge in [0.2, 0.25) is 5.91 Å². The molecule has 0 aromatic heterocycles. The van der Waals surface area contributed by atoms with Crippen LogP contribution in [0.3, 0.4) is 0 Å². The van der Waals surface area contributed by atoms with Crippen molar-refractivity contribution in [1.82, 2.24) is 17.6 Å². The third kappa shape index (κ3) is 16.2. The smallest absolute Gasteiger partial charge is 0.305 e. The number of aliphatic carboxylic acids is 1. The molecule has 0 bridgehead atoms. The highest BCUT2D eigenvalue weighted by Crippen LogP contribution is 2.10. The molecule has 158 valence electrons. The van der Waals surface area contributed by atoms with Crippen molar-refractivity contribution >= 4 is 22.0 Å². The van der Waals surface area contributed by atoms with Crippen LogP contribution in [0.25, 0.3) is 0 Å². The van der Waals surface area contributed by atoms with Crippen LogP contribution in [0.2, 0.25) is 0 Å². The molecule has 26 heavy (non-hydrogen) atoms. The summed E-state index contributed by atoms with van der Waals surface area (Å²) in [6.07, 6.45) is 10.5. The third-order valence-corrected chi connectivity index (χ3v) is 4.94. The highest BCUT2D eigenvalue weighted by Gasteiger charge is 2.33. The lowest BCUT2D eigenvalue weighted by Crippen LogP contribution is -2.41. The summed E-state index contributed by atoms with van der Waals surface area (Å²) in [5.41, 5.74) is 0. The molecule has 1 atom stereocenters. The molecule has 0 radical (unpaired) electrons. The van der Waals surface area contributed by atoms with E-state index in [0.717, 1.165) is 19.3 Å². The summed E-state index contributed by atoms with van der Waals surface area (Å²) < 4.78 is 31.0. The van der Waals surface area contributed by atoms with Gasteiger partial charge in [-0.2, -0.15) is 8.42 Å². The lowest BCUT2D eigenvalue weighted by Gasteiger charge is -2.12. The first-order valence-corrected chi connectivity index (χ1v) is 10.2. The van der Waals surface area contributed by atoms with Crippen LogP contribution in [-0.2, 0) is 19.7 Å². The average molecular weight is 400 g/mol. The molecule has 0 fully saturated rings. The van der Waals surface area contributed by atoms with Crippen LogP contribution in [0, 0.1) is 0 Å². The van der Waals surface area contributed by atoms with E-state index in [1.165, 1.54) is 38.5 Å². The Morgan fingerprint density at radius 1 is 0.885 bits per heavy atom. The maximum Gasteiger partial charge on any atom is 0.305 e. The molecular formula is C16H37N3O6S. The number of rotatable bonds is 15. The van der Waals surface area contributed by atoms with Crippen LogP contribution in [0.5, 0.6) is 0 Å². The second-order valence-corrected chi connectivity index (χ2v) is 7.67. The summed E-state index contributed by atoms with van der Waals surface area (Å²) in [4.78, 5) is 22.2. The van der Waals surface area contributed by atoms with Gasteiger partial charge >= 0.3 is 5.97 Å². The predicted octanol–water partition coefficient (Wildman–Crippen LogP) is 3.08. The van der Waals surface area contributed by atoms with E-state index in [1.54, 1.807) is 0 Å². The van der Waals surface area contributed by atoms with Crippen molar-refractivity contribution in [1.29, 1.82) is 0 Å². The second kappa shape index (κ2) is 17.2. The van der Waals surface area contributed by atoms with Gasteiger partial charge in [0.1, 0.15) is 0 Å². The van der Waals surface area contributed by atoms with Gasteiger partial charge in [0, 0.05) is 6.54 Å². The van der Waals surface area contributed by atoms with Crippen molar-refractivity contribution in [2.75, 3.05) is 6.54 Å². The highest BCUT2D eigenvalue weighted by atomic mass is 32.2. The molecule has 0 aromatic rings. The summed E-state index contributed by atoms with van der Waals surface area (Å²) >= 11 is 0. The fourth-order valence-corrected chi connectivity index (χ4v) is 3.14. The molecular weight excluding hydrogens is 362 g/mol. The van der Waals surface area contributed by atoms with Crippen LogP contribution < -0.4 is 17.6 Å². The lowest BCUT2D eigenvalue weighted by molar-refractivity contribution is -0.138. The highest BCUT2D eigenvalue weighted by molar-refractivity contribution is 7.87. The van der Waals surface area contributed by atoms with Crippen molar-refractivity contribution in [3.05, 3.63) is 0 Å². The number of carboxylic acid groups (broad SMARTS) is 1. The Bertz CT molecular complexity index is 471. The van der Waals surface area contributed by atoms with Gasteiger partial charge in [0.05, 0.1) is 6.42 Å². The van der Waals surface area contributed by atoms with Gasteiger partial charge < -0.3 is 22.7 Å². The molecule has 1 amide bonds. The van der Waals surface area contributed by atoms with Gasteiger partial charge in [-0.1, -0.05) is 64.7 Å². The Balaban J connectivity index is -0.00000264. The van der Waals surface area contributed by atoms with Gasteiger partial charge in [-0.3, -0.25) is 14.1 Å². The summed E-state index contributed by atoms with van der Waals surface area (Å²) in [5, 5.41) is 9.03. The lowest BCUT2D eigenvalue weighted by atomic mass is 10.1. The fraction of sp³-hybridized carbons (Fsp3) is 0.875. The molecule has 0 aliphatic carbocycles. The van der Waals surface area contributed by atoms with E-state index in [0.29, 0.717) is 6.42 Å². The van der Waals surface area contributed by atoms with Crippen LogP contribution in [0.15, 0.2) is 0 Å². The van der Waals surface area contributed by atoms with Crippen molar-refractivity contribution in [3.8, 4) is 0 Å². The van der Waals surface area contributed by atoms with Gasteiger partial charge in [0.25, 0.3) is 10.1 Å². The van der Waals surface area contributed by atoms with Gasteiger partial charge in [-0.25, -0.2) is 0 Å². The Morgan fingerprint density at radius 3 is 1.69 bits per heavy atom. The molecule has 10 heteroatoms. The number of carbonyl (C=O) groups excluding carboxylic acids is 1. The Labute approximate surface area is 157 Å². The Hall–Kier alpha value is -1.23. The average Bonchev–Trinajstić information content (AvgIpc) is 2.48. The number of unbranched alkanes of at least 4 members (excludes halogenated alkanes) is 9. The Morgan fingerprint density at radius 2 is 1.31 bits per heavy atom. The first-order valence-electron chi connectivity index (χ1n) is 8.74. The molecule has 9 nitrogen and oxygen atoms in total. The van der Waals surface area contributed by atoms with Gasteiger partial charge in [-0.05, 0) is 6.42 Å². The quantitative estimate of drug-likeness (QED) is 0.205. The molecule has 0 saturated carbocycles. The maximum atomic E-state index is 11.7. The standard InChI is InChI=1S/C16H31NO6S.2H3N/c1-2-3-4-5-6-7-8-9-10-11-12-17-16(20)14(13-15(18)19)24(21,22)23;;/h14H,2-13H2,1H3,(H,17,20)(H,18,19)(H,21,22,23);2*1H3. The number of nitrogens with one attached hydrogen (secondary N) is 1. The Kier molecular flexibility index (Phi) is 19.5. The monoisotopic (exact) mass is 399 g/mol. The number of hydrogen-bond donors (Lipinski definition) is 5. The zero-order chi connectivity index (χ0) is 18.4. The molecule has 0 aliphatic heterocycles. The minimum atomic E-state index is -4.72. The largest absolute Gasteiger partial charge is 0.481 e. The minimum Gasteiger partial charge on any atom is -0.481 e. The summed E-state index contributed by atoms with van der Waals surface area (Å²) in [6.45, 7) is 2.47. The molecule has 0 aliphatic rings. The van der Waals surface area contributed by atoms with E-state index in [4.69, 9.17) is 9.66 Å². The molecule has 9 N–H and O–H groups in total. The van der Waals surface area contributed by atoms with E-state index >= 15 is 0 Å². The van der Waals surface area contributed by atoms with Gasteiger partial charge in [-0.15, -0.1) is 0 Å². The summed E-state index contributed by atoms with van der Waals surface area (Å²) in [6, 6.07) is 0. The number of carboxylic acids is 1. The van der Waals surface area contributed by atoms with Crippen LogP contribution >= 0.6 is 0 Å². The molecule has 0 spiro atoms. The van der Waals surface area contributed by atoms with E-state index in [-0.39, 0.29) is 18.8 Å². The third-order valence-electron chi connectivity index (χ3n) is 3.84. The van der Waals surface area contributed by atoms with Crippen LogP contribution in [-0.4, -0.2) is 41.7 Å². The zero-order valence-corrected chi connectivity index (χ0v) is 16.7. The topological polar surface area (TPSA) is 191 Å². The molecule has 0 heterocycles. The predicted molar refractivity (Wildman–Crippen MR) is 102 cm³/mol. The zero-order valence-electron chi connectivity index (χ0n) is 15.9. The van der Waals surface area contributed by atoms with Crippen LogP contribution in [0.1, 0.15) is 77.6 Å². The van der Waals surface area contributed by atoms with Crippen molar-refractivity contribution in [2.45, 2.75) is 82.8 Å².